The molecule has 2 aliphatic carbocycles. The van der Waals surface area contributed by atoms with Crippen molar-refractivity contribution in [1.29, 1.82) is 0 Å². The van der Waals surface area contributed by atoms with Crippen LogP contribution < -0.4 is 0 Å². The van der Waals surface area contributed by atoms with E-state index in [0.29, 0.717) is 12.0 Å². The summed E-state index contributed by atoms with van der Waals surface area (Å²) in [6.07, 6.45) is 7.35. The summed E-state index contributed by atoms with van der Waals surface area (Å²) < 4.78 is 0. The molecule has 1 saturated carbocycles. The van der Waals surface area contributed by atoms with Gasteiger partial charge >= 0.3 is 0 Å². The number of H-pyrrole nitrogens is 1. The quantitative estimate of drug-likeness (QED) is 0.915. The molecule has 0 aliphatic heterocycles. The molecule has 3 nitrogen and oxygen atoms in total. The van der Waals surface area contributed by atoms with Crippen LogP contribution in [0.25, 0.3) is 10.9 Å². The Kier molecular flexibility index (Phi) is 3.24. The van der Waals surface area contributed by atoms with Gasteiger partial charge in [0, 0.05) is 35.2 Å². The number of carbonyl (C=O) groups is 1. The Morgan fingerprint density at radius 2 is 2.05 bits per heavy atom. The average molecular weight is 296 g/mol. The zero-order valence-electron chi connectivity index (χ0n) is 13.5. The number of carbonyl (C=O) groups excluding carboxylic acids is 1. The highest BCUT2D eigenvalue weighted by atomic mass is 16.2. The normalized spacial score (nSPS) is 19.0. The topological polar surface area (TPSA) is 36.1 Å². The molecule has 1 unspecified atom stereocenters. The van der Waals surface area contributed by atoms with Gasteiger partial charge in [-0.25, -0.2) is 0 Å². The Morgan fingerprint density at radius 1 is 1.27 bits per heavy atom. The van der Waals surface area contributed by atoms with Crippen molar-refractivity contribution in [2.45, 2.75) is 51.5 Å². The minimum atomic E-state index is 0.159. The molecule has 0 spiro atoms. The molecular formula is C19H24N2O. The second-order valence-electron chi connectivity index (χ2n) is 7.04. The Bertz CT molecular complexity index is 726. The van der Waals surface area contributed by atoms with Crippen molar-refractivity contribution in [2.75, 3.05) is 7.05 Å². The largest absolute Gasteiger partial charge is 0.358 e. The zero-order chi connectivity index (χ0) is 15.3. The second-order valence-corrected chi connectivity index (χ2v) is 7.04. The van der Waals surface area contributed by atoms with Crippen molar-refractivity contribution in [3.05, 3.63) is 35.0 Å². The van der Waals surface area contributed by atoms with Gasteiger partial charge in [0.05, 0.1) is 0 Å². The van der Waals surface area contributed by atoms with Crippen LogP contribution in [0.1, 0.15) is 54.2 Å². The Labute approximate surface area is 131 Å². The number of amides is 1. The van der Waals surface area contributed by atoms with Gasteiger partial charge in [-0.1, -0.05) is 0 Å². The highest BCUT2D eigenvalue weighted by molar-refractivity contribution is 5.99. The van der Waals surface area contributed by atoms with E-state index in [0.717, 1.165) is 18.4 Å². The van der Waals surface area contributed by atoms with Crippen LogP contribution in [0, 0.1) is 5.92 Å². The van der Waals surface area contributed by atoms with E-state index in [1.165, 1.54) is 47.8 Å². The molecule has 4 rings (SSSR count). The molecule has 2 aliphatic rings. The first-order valence-electron chi connectivity index (χ1n) is 8.56. The molecule has 1 N–H and O–H groups in total. The van der Waals surface area contributed by atoms with Crippen molar-refractivity contribution in [3.8, 4) is 0 Å². The van der Waals surface area contributed by atoms with Gasteiger partial charge in [0.2, 0.25) is 0 Å². The van der Waals surface area contributed by atoms with E-state index in [1.807, 2.05) is 18.0 Å². The van der Waals surface area contributed by atoms with E-state index >= 15 is 0 Å². The summed E-state index contributed by atoms with van der Waals surface area (Å²) in [4.78, 5) is 18.2. The monoisotopic (exact) mass is 296 g/mol. The van der Waals surface area contributed by atoms with Crippen LogP contribution in [-0.4, -0.2) is 28.9 Å². The number of nitrogens with zero attached hydrogens (tertiary/aromatic N) is 1. The third-order valence-electron chi connectivity index (χ3n) is 5.58. The third-order valence-corrected chi connectivity index (χ3v) is 5.58. The first-order valence-corrected chi connectivity index (χ1v) is 8.56. The number of aromatic amines is 1. The van der Waals surface area contributed by atoms with E-state index in [4.69, 9.17) is 0 Å². The number of rotatable bonds is 3. The van der Waals surface area contributed by atoms with Crippen LogP contribution in [-0.2, 0) is 12.8 Å². The average Bonchev–Trinajstić information content (AvgIpc) is 3.33. The van der Waals surface area contributed by atoms with Crippen molar-refractivity contribution < 1.29 is 4.79 Å². The van der Waals surface area contributed by atoms with Crippen molar-refractivity contribution in [3.63, 3.8) is 0 Å². The summed E-state index contributed by atoms with van der Waals surface area (Å²) in [5.74, 6) is 0.866. The van der Waals surface area contributed by atoms with E-state index in [2.05, 4.69) is 24.0 Å². The van der Waals surface area contributed by atoms with Crippen LogP contribution in [0.15, 0.2) is 18.2 Å². The molecule has 2 aromatic rings. The Hall–Kier alpha value is -1.77. The Balaban J connectivity index is 1.68. The summed E-state index contributed by atoms with van der Waals surface area (Å²) in [5, 5.41) is 1.26. The fourth-order valence-corrected chi connectivity index (χ4v) is 3.82. The lowest BCUT2D eigenvalue weighted by molar-refractivity contribution is 0.0727. The summed E-state index contributed by atoms with van der Waals surface area (Å²) in [6.45, 7) is 2.17. The molecule has 1 atom stereocenters. The van der Waals surface area contributed by atoms with E-state index in [9.17, 15) is 4.79 Å². The van der Waals surface area contributed by atoms with Crippen LogP contribution in [0.3, 0.4) is 0 Å². The number of fused-ring (bicyclic) bond motifs is 3. The summed E-state index contributed by atoms with van der Waals surface area (Å²) in [6, 6.07) is 6.51. The molecule has 1 aromatic carbocycles. The molecular weight excluding hydrogens is 272 g/mol. The molecule has 3 heteroatoms. The lowest BCUT2D eigenvalue weighted by atomic mass is 9.95. The van der Waals surface area contributed by atoms with Crippen molar-refractivity contribution in [1.82, 2.24) is 9.88 Å². The highest BCUT2D eigenvalue weighted by Gasteiger charge is 2.32. The van der Waals surface area contributed by atoms with Gasteiger partial charge in [0.25, 0.3) is 5.91 Å². The predicted molar refractivity (Wildman–Crippen MR) is 89.2 cm³/mol. The van der Waals surface area contributed by atoms with Gasteiger partial charge in [-0.2, -0.15) is 0 Å². The van der Waals surface area contributed by atoms with Crippen molar-refractivity contribution in [2.24, 2.45) is 5.92 Å². The lowest BCUT2D eigenvalue weighted by Crippen LogP contribution is -2.36. The molecule has 0 bridgehead atoms. The highest BCUT2D eigenvalue weighted by Crippen LogP contribution is 2.35. The maximum atomic E-state index is 12.8. The summed E-state index contributed by atoms with van der Waals surface area (Å²) >= 11 is 0. The fraction of sp³-hybridized carbons (Fsp3) is 0.526. The minimum absolute atomic E-state index is 0.159. The number of benzene rings is 1. The molecule has 116 valence electrons. The molecule has 22 heavy (non-hydrogen) atoms. The zero-order valence-corrected chi connectivity index (χ0v) is 13.5. The van der Waals surface area contributed by atoms with E-state index in [1.54, 1.807) is 0 Å². The first kappa shape index (κ1) is 13.9. The molecule has 1 amide bonds. The molecule has 1 aromatic heterocycles. The standard InChI is InChI=1S/C19H24N2O/c1-12(13-7-8-13)21(2)19(22)14-9-10-18-16(11-14)15-5-3-4-6-17(15)20-18/h9-13,20H,3-8H2,1-2H3. The molecule has 0 radical (unpaired) electrons. The minimum Gasteiger partial charge on any atom is -0.358 e. The summed E-state index contributed by atoms with van der Waals surface area (Å²) in [5.41, 5.74) is 4.83. The van der Waals surface area contributed by atoms with Crippen LogP contribution >= 0.6 is 0 Å². The number of nitrogens with one attached hydrogen (secondary N) is 1. The fourth-order valence-electron chi connectivity index (χ4n) is 3.82. The van der Waals surface area contributed by atoms with Crippen LogP contribution in [0.2, 0.25) is 0 Å². The SMILES string of the molecule is CC(C1CC1)N(C)C(=O)c1ccc2[nH]c3c(c2c1)CCCC3. The number of hydrogen-bond donors (Lipinski definition) is 1. The predicted octanol–water partition coefficient (Wildman–Crippen LogP) is 3.92. The van der Waals surface area contributed by atoms with Gasteiger partial charge in [-0.05, 0) is 75.1 Å². The number of hydrogen-bond acceptors (Lipinski definition) is 1. The Morgan fingerprint density at radius 3 is 2.82 bits per heavy atom. The van der Waals surface area contributed by atoms with E-state index in [-0.39, 0.29) is 5.91 Å². The van der Waals surface area contributed by atoms with Gasteiger partial charge in [0.1, 0.15) is 0 Å². The summed E-state index contributed by atoms with van der Waals surface area (Å²) in [7, 11) is 1.95. The maximum absolute atomic E-state index is 12.8. The van der Waals surface area contributed by atoms with E-state index < -0.39 is 0 Å². The maximum Gasteiger partial charge on any atom is 0.253 e. The van der Waals surface area contributed by atoms with Crippen molar-refractivity contribution >= 4 is 16.8 Å². The third kappa shape index (κ3) is 2.23. The van der Waals surface area contributed by atoms with Crippen LogP contribution in [0.5, 0.6) is 0 Å². The van der Waals surface area contributed by atoms with Gasteiger partial charge in [-0.15, -0.1) is 0 Å². The molecule has 1 heterocycles. The van der Waals surface area contributed by atoms with Gasteiger partial charge in [-0.3, -0.25) is 4.79 Å². The molecule has 0 saturated heterocycles. The van der Waals surface area contributed by atoms with Crippen LogP contribution in [0.4, 0.5) is 0 Å². The lowest BCUT2D eigenvalue weighted by Gasteiger charge is -2.25. The second kappa shape index (κ2) is 5.15. The van der Waals surface area contributed by atoms with Gasteiger partial charge in [0.15, 0.2) is 0 Å². The molecule has 1 fully saturated rings. The smallest absolute Gasteiger partial charge is 0.253 e. The number of aryl methyl sites for hydroxylation is 2. The van der Waals surface area contributed by atoms with Gasteiger partial charge < -0.3 is 9.88 Å². The number of aromatic nitrogens is 1. The first-order chi connectivity index (χ1) is 10.6.